The van der Waals surface area contributed by atoms with Gasteiger partial charge in [-0.15, -0.1) is 24.0 Å². The molecule has 2 saturated carbocycles. The Kier molecular flexibility index (Phi) is 7.53. The maximum absolute atomic E-state index is 6.03. The van der Waals surface area contributed by atoms with Crippen LogP contribution < -0.4 is 20.1 Å². The number of benzene rings is 1. The van der Waals surface area contributed by atoms with Crippen molar-refractivity contribution in [3.8, 4) is 11.5 Å². The first-order chi connectivity index (χ1) is 13.7. The Labute approximate surface area is 191 Å². The summed E-state index contributed by atoms with van der Waals surface area (Å²) in [4.78, 5) is 4.81. The van der Waals surface area contributed by atoms with E-state index in [0.29, 0.717) is 30.0 Å². The Bertz CT molecular complexity index is 710. The van der Waals surface area contributed by atoms with Crippen LogP contribution in [-0.4, -0.2) is 51.0 Å². The van der Waals surface area contributed by atoms with Crippen LogP contribution in [0.1, 0.15) is 39.5 Å². The fourth-order valence-corrected chi connectivity index (χ4v) is 5.09. The number of guanidine groups is 1. The summed E-state index contributed by atoms with van der Waals surface area (Å²) in [6.45, 7) is 6.51. The first-order valence-electron chi connectivity index (χ1n) is 10.6. The summed E-state index contributed by atoms with van der Waals surface area (Å²) in [6, 6.07) is 8.18. The van der Waals surface area contributed by atoms with Crippen molar-refractivity contribution in [2.45, 2.75) is 57.8 Å². The number of rotatable bonds is 7. The number of fused-ring (bicyclic) bond motifs is 2. The van der Waals surface area contributed by atoms with Gasteiger partial charge in [0, 0.05) is 36.6 Å². The van der Waals surface area contributed by atoms with Crippen molar-refractivity contribution >= 4 is 29.9 Å². The standard InChI is InChI=1S/C22H33N3O3.HI/c1-4-23-21(24-14-15(2)28-17-8-5-7-16(13-17)26-3)25-19-18-9-12-27-20(18)22(19)10-6-11-22;/h5,7-8,13,15,18-20H,4,6,9-12,14H2,1-3H3,(H2,23,24,25);1H. The highest BCUT2D eigenvalue weighted by molar-refractivity contribution is 14.0. The van der Waals surface area contributed by atoms with Gasteiger partial charge in [-0.2, -0.15) is 0 Å². The van der Waals surface area contributed by atoms with Crippen molar-refractivity contribution in [3.63, 3.8) is 0 Å². The molecule has 4 unspecified atom stereocenters. The van der Waals surface area contributed by atoms with Crippen LogP contribution in [0.15, 0.2) is 29.3 Å². The molecule has 1 aromatic carbocycles. The van der Waals surface area contributed by atoms with Gasteiger partial charge in [0.2, 0.25) is 0 Å². The Morgan fingerprint density at radius 2 is 2.14 bits per heavy atom. The SMILES string of the molecule is CCNC(=NCC(C)Oc1cccc(OC)c1)NC1C2CCOC2C12CCC2.I. The molecule has 2 N–H and O–H groups in total. The van der Waals surface area contributed by atoms with Crippen molar-refractivity contribution in [3.05, 3.63) is 24.3 Å². The van der Waals surface area contributed by atoms with Crippen molar-refractivity contribution in [2.75, 3.05) is 26.8 Å². The van der Waals surface area contributed by atoms with Crippen LogP contribution in [0, 0.1) is 11.3 Å². The molecule has 0 radical (unpaired) electrons. The van der Waals surface area contributed by atoms with Gasteiger partial charge in [0.05, 0.1) is 19.8 Å². The lowest BCUT2D eigenvalue weighted by molar-refractivity contribution is -0.171. The van der Waals surface area contributed by atoms with Gasteiger partial charge in [-0.25, -0.2) is 4.99 Å². The number of halogens is 1. The summed E-state index contributed by atoms with van der Waals surface area (Å²) in [5, 5.41) is 7.15. The van der Waals surface area contributed by atoms with Crippen molar-refractivity contribution in [1.82, 2.24) is 10.6 Å². The van der Waals surface area contributed by atoms with Crippen LogP contribution in [0.5, 0.6) is 11.5 Å². The molecule has 0 aromatic heterocycles. The molecule has 1 spiro atoms. The molecule has 162 valence electrons. The van der Waals surface area contributed by atoms with Gasteiger partial charge < -0.3 is 24.8 Å². The lowest BCUT2D eigenvalue weighted by Gasteiger charge is -2.63. The number of aliphatic imine (C=N–C) groups is 1. The molecular weight excluding hydrogens is 481 g/mol. The third kappa shape index (κ3) is 4.45. The van der Waals surface area contributed by atoms with Gasteiger partial charge in [-0.1, -0.05) is 12.5 Å². The molecule has 1 aromatic rings. The van der Waals surface area contributed by atoms with Gasteiger partial charge in [0.15, 0.2) is 5.96 Å². The van der Waals surface area contributed by atoms with E-state index in [4.69, 9.17) is 19.2 Å². The zero-order chi connectivity index (χ0) is 19.6. The molecular formula is C22H34IN3O3. The zero-order valence-electron chi connectivity index (χ0n) is 17.6. The van der Waals surface area contributed by atoms with Crippen LogP contribution >= 0.6 is 24.0 Å². The maximum atomic E-state index is 6.03. The molecule has 3 aliphatic rings. The van der Waals surface area contributed by atoms with Crippen molar-refractivity contribution in [1.29, 1.82) is 0 Å². The van der Waals surface area contributed by atoms with Crippen LogP contribution in [-0.2, 0) is 4.74 Å². The highest BCUT2D eigenvalue weighted by Gasteiger charge is 2.66. The average Bonchev–Trinajstić information content (AvgIpc) is 3.08. The Hall–Kier alpha value is -1.22. The van der Waals surface area contributed by atoms with E-state index in [9.17, 15) is 0 Å². The Balaban J connectivity index is 0.00000240. The van der Waals surface area contributed by atoms with E-state index in [0.717, 1.165) is 30.6 Å². The van der Waals surface area contributed by atoms with Crippen molar-refractivity contribution in [2.24, 2.45) is 16.3 Å². The maximum Gasteiger partial charge on any atom is 0.191 e. The van der Waals surface area contributed by atoms with E-state index in [1.165, 1.54) is 25.7 Å². The smallest absolute Gasteiger partial charge is 0.191 e. The van der Waals surface area contributed by atoms with E-state index >= 15 is 0 Å². The summed E-state index contributed by atoms with van der Waals surface area (Å²) in [7, 11) is 1.66. The number of nitrogens with one attached hydrogen (secondary N) is 2. The molecule has 3 fully saturated rings. The largest absolute Gasteiger partial charge is 0.497 e. The quantitative estimate of drug-likeness (QED) is 0.330. The second-order valence-corrected chi connectivity index (χ2v) is 8.28. The average molecular weight is 515 g/mol. The van der Waals surface area contributed by atoms with E-state index < -0.39 is 0 Å². The molecule has 1 saturated heterocycles. The predicted molar refractivity (Wildman–Crippen MR) is 126 cm³/mol. The number of hydrogen-bond donors (Lipinski definition) is 2. The lowest BCUT2D eigenvalue weighted by atomic mass is 9.46. The van der Waals surface area contributed by atoms with Crippen LogP contribution in [0.25, 0.3) is 0 Å². The number of ether oxygens (including phenoxy) is 3. The summed E-state index contributed by atoms with van der Waals surface area (Å²) in [6.07, 6.45) is 5.49. The second-order valence-electron chi connectivity index (χ2n) is 8.28. The third-order valence-electron chi connectivity index (χ3n) is 6.56. The predicted octanol–water partition coefficient (Wildman–Crippen LogP) is 3.59. The number of hydrogen-bond acceptors (Lipinski definition) is 4. The highest BCUT2D eigenvalue weighted by atomic mass is 127. The molecule has 1 aliphatic heterocycles. The van der Waals surface area contributed by atoms with Gasteiger partial charge in [0.1, 0.15) is 17.6 Å². The summed E-state index contributed by atoms with van der Waals surface area (Å²) < 4.78 is 17.3. The van der Waals surface area contributed by atoms with Crippen molar-refractivity contribution < 1.29 is 14.2 Å². The summed E-state index contributed by atoms with van der Waals surface area (Å²) in [5.74, 6) is 3.13. The first kappa shape index (κ1) is 22.5. The molecule has 0 amide bonds. The fourth-order valence-electron chi connectivity index (χ4n) is 5.09. The van der Waals surface area contributed by atoms with Crippen LogP contribution in [0.4, 0.5) is 0 Å². The van der Waals surface area contributed by atoms with E-state index in [1.807, 2.05) is 31.2 Å². The normalized spacial score (nSPS) is 27.7. The molecule has 6 nitrogen and oxygen atoms in total. The third-order valence-corrected chi connectivity index (χ3v) is 6.56. The minimum absolute atomic E-state index is 0. The van der Waals surface area contributed by atoms with Crippen LogP contribution in [0.2, 0.25) is 0 Å². The number of methoxy groups -OCH3 is 1. The topological polar surface area (TPSA) is 64.1 Å². The van der Waals surface area contributed by atoms with Gasteiger partial charge in [-0.3, -0.25) is 0 Å². The minimum Gasteiger partial charge on any atom is -0.497 e. The van der Waals surface area contributed by atoms with Crippen LogP contribution in [0.3, 0.4) is 0 Å². The van der Waals surface area contributed by atoms with Gasteiger partial charge in [-0.05, 0) is 45.2 Å². The second kappa shape index (κ2) is 9.73. The Morgan fingerprint density at radius 3 is 2.83 bits per heavy atom. The van der Waals surface area contributed by atoms with Gasteiger partial charge in [0.25, 0.3) is 0 Å². The van der Waals surface area contributed by atoms with E-state index in [-0.39, 0.29) is 30.1 Å². The first-order valence-corrected chi connectivity index (χ1v) is 10.6. The number of nitrogens with zero attached hydrogens (tertiary/aromatic N) is 1. The van der Waals surface area contributed by atoms with Gasteiger partial charge >= 0.3 is 0 Å². The Morgan fingerprint density at radius 1 is 1.34 bits per heavy atom. The fraction of sp³-hybridized carbons (Fsp3) is 0.682. The molecule has 29 heavy (non-hydrogen) atoms. The van der Waals surface area contributed by atoms with E-state index in [1.54, 1.807) is 7.11 Å². The molecule has 4 rings (SSSR count). The molecule has 1 heterocycles. The lowest BCUT2D eigenvalue weighted by Crippen LogP contribution is -2.72. The zero-order valence-corrected chi connectivity index (χ0v) is 20.0. The molecule has 7 heteroatoms. The summed E-state index contributed by atoms with van der Waals surface area (Å²) in [5.41, 5.74) is 0.347. The minimum atomic E-state index is -0.0239. The monoisotopic (exact) mass is 515 g/mol. The molecule has 0 bridgehead atoms. The molecule has 2 aliphatic carbocycles. The summed E-state index contributed by atoms with van der Waals surface area (Å²) >= 11 is 0. The molecule has 4 atom stereocenters. The van der Waals surface area contributed by atoms with E-state index in [2.05, 4.69) is 17.6 Å². The highest BCUT2D eigenvalue weighted by Crippen LogP contribution is 2.62.